The highest BCUT2D eigenvalue weighted by molar-refractivity contribution is 9.10. The van der Waals surface area contributed by atoms with E-state index in [0.717, 1.165) is 15.7 Å². The number of fused-ring (bicyclic) bond motifs is 1. The first-order chi connectivity index (χ1) is 16.4. The predicted octanol–water partition coefficient (Wildman–Crippen LogP) is 3.55. The number of carbonyl (C=O) groups excluding carboxylic acids is 1. The molecule has 0 radical (unpaired) electrons. The molecular weight excluding hydrogens is 512 g/mol. The summed E-state index contributed by atoms with van der Waals surface area (Å²) in [5.74, 6) is 0.816. The lowest BCUT2D eigenvalue weighted by Crippen LogP contribution is -2.42. The number of hydrogen-bond donors (Lipinski definition) is 3. The maximum Gasteiger partial charge on any atom is 0.515 e. The molecule has 3 N–H and O–H groups in total. The van der Waals surface area contributed by atoms with Gasteiger partial charge >= 0.3 is 6.16 Å². The monoisotopic (exact) mass is 532 g/mol. The molecule has 0 spiro atoms. The van der Waals surface area contributed by atoms with Crippen molar-refractivity contribution in [1.29, 1.82) is 0 Å². The molecule has 3 aromatic rings. The lowest BCUT2D eigenvalue weighted by atomic mass is 10.2. The van der Waals surface area contributed by atoms with Crippen molar-refractivity contribution in [3.8, 4) is 5.75 Å². The summed E-state index contributed by atoms with van der Waals surface area (Å²) in [6.07, 6.45) is 1.73. The van der Waals surface area contributed by atoms with Gasteiger partial charge in [-0.2, -0.15) is 0 Å². The van der Waals surface area contributed by atoms with Gasteiger partial charge in [-0.15, -0.1) is 0 Å². The number of aromatic nitrogens is 2. The Hall–Kier alpha value is -3.36. The van der Waals surface area contributed by atoms with Crippen LogP contribution >= 0.6 is 15.9 Å². The van der Waals surface area contributed by atoms with Crippen molar-refractivity contribution in [3.05, 3.63) is 58.8 Å². The van der Waals surface area contributed by atoms with Gasteiger partial charge in [-0.05, 0) is 52.7 Å². The van der Waals surface area contributed by atoms with Gasteiger partial charge in [-0.25, -0.2) is 9.63 Å². The van der Waals surface area contributed by atoms with Crippen molar-refractivity contribution in [3.63, 3.8) is 0 Å². The summed E-state index contributed by atoms with van der Waals surface area (Å²) in [5.41, 5.74) is 2.86. The standard InChI is InChI=1S/C21H21BrN6O6/c1-13(33-21(29)34-15-4-2-14(3-5-15)12-32-28(30)31)27-11-10-25-20(27)26-16-6-7-17-19(18(16)22)24-9-8-23-17/h2-9,13,30-31H,10-12H2,1H3,(H,25,26). The maximum atomic E-state index is 12.3. The summed E-state index contributed by atoms with van der Waals surface area (Å²) in [6.45, 7) is 2.75. The molecule has 1 atom stereocenters. The number of anilines is 1. The summed E-state index contributed by atoms with van der Waals surface area (Å²) in [4.78, 5) is 31.7. The Balaban J connectivity index is 1.34. The molecule has 1 aliphatic heterocycles. The van der Waals surface area contributed by atoms with E-state index in [1.807, 2.05) is 17.0 Å². The van der Waals surface area contributed by atoms with Crippen LogP contribution in [-0.4, -0.2) is 62.1 Å². The number of halogens is 1. The van der Waals surface area contributed by atoms with E-state index in [2.05, 4.69) is 41.0 Å². The fourth-order valence-electron chi connectivity index (χ4n) is 3.25. The van der Waals surface area contributed by atoms with Gasteiger partial charge in [0.2, 0.25) is 5.96 Å². The number of benzene rings is 2. The third-order valence-electron chi connectivity index (χ3n) is 4.88. The smallest absolute Gasteiger partial charge is 0.410 e. The summed E-state index contributed by atoms with van der Waals surface area (Å²) in [5, 5.41) is 20.0. The summed E-state index contributed by atoms with van der Waals surface area (Å²) >= 11 is 3.57. The van der Waals surface area contributed by atoms with Crippen molar-refractivity contribution in [2.24, 2.45) is 4.99 Å². The maximum absolute atomic E-state index is 12.3. The molecule has 13 heteroatoms. The van der Waals surface area contributed by atoms with Crippen LogP contribution in [0.5, 0.6) is 5.75 Å². The van der Waals surface area contributed by atoms with Gasteiger partial charge in [0.25, 0.3) is 0 Å². The van der Waals surface area contributed by atoms with Gasteiger partial charge in [-0.3, -0.25) is 25.4 Å². The Morgan fingerprint density at radius 3 is 2.74 bits per heavy atom. The van der Waals surface area contributed by atoms with Gasteiger partial charge in [0.15, 0.2) is 6.23 Å². The van der Waals surface area contributed by atoms with E-state index >= 15 is 0 Å². The highest BCUT2D eigenvalue weighted by Crippen LogP contribution is 2.29. The van der Waals surface area contributed by atoms with Crippen molar-refractivity contribution < 1.29 is 29.5 Å². The molecule has 0 amide bonds. The molecule has 4 rings (SSSR count). The van der Waals surface area contributed by atoms with E-state index in [1.165, 1.54) is 12.1 Å². The largest absolute Gasteiger partial charge is 0.515 e. The number of nitrogens with zero attached hydrogens (tertiary/aromatic N) is 5. The molecule has 1 aromatic heterocycles. The number of carbonyl (C=O) groups is 1. The third-order valence-corrected chi connectivity index (χ3v) is 5.68. The normalized spacial score (nSPS) is 14.3. The molecule has 2 aromatic carbocycles. The van der Waals surface area contributed by atoms with Crippen molar-refractivity contribution in [2.45, 2.75) is 19.8 Å². The minimum Gasteiger partial charge on any atom is -0.410 e. The summed E-state index contributed by atoms with van der Waals surface area (Å²) < 4.78 is 11.4. The number of nitrogens with one attached hydrogen (secondary N) is 1. The number of guanidine groups is 1. The SMILES string of the molecule is CC(OC(=O)Oc1ccc(CON(O)O)cc1)N1CCN=C1Nc1ccc2nccnc2c1Br. The lowest BCUT2D eigenvalue weighted by molar-refractivity contribution is -0.497. The highest BCUT2D eigenvalue weighted by Gasteiger charge is 2.26. The van der Waals surface area contributed by atoms with Crippen LogP contribution in [-0.2, 0) is 16.2 Å². The minimum atomic E-state index is -0.873. The van der Waals surface area contributed by atoms with Gasteiger partial charge in [0.1, 0.15) is 11.3 Å². The second-order valence-electron chi connectivity index (χ2n) is 7.11. The number of rotatable bonds is 7. The molecule has 1 aliphatic rings. The zero-order valence-electron chi connectivity index (χ0n) is 18.0. The average molecular weight is 533 g/mol. The van der Waals surface area contributed by atoms with Gasteiger partial charge in [0, 0.05) is 18.9 Å². The molecule has 0 saturated carbocycles. The van der Waals surface area contributed by atoms with Crippen LogP contribution in [0.4, 0.5) is 10.5 Å². The Morgan fingerprint density at radius 2 is 1.97 bits per heavy atom. The molecule has 0 saturated heterocycles. The highest BCUT2D eigenvalue weighted by atomic mass is 79.9. The second-order valence-corrected chi connectivity index (χ2v) is 7.91. The van der Waals surface area contributed by atoms with Crippen molar-refractivity contribution in [1.82, 2.24) is 20.3 Å². The third kappa shape index (κ3) is 5.76. The van der Waals surface area contributed by atoms with Crippen LogP contribution < -0.4 is 10.1 Å². The van der Waals surface area contributed by atoms with Crippen LogP contribution in [0.25, 0.3) is 11.0 Å². The van der Waals surface area contributed by atoms with E-state index in [9.17, 15) is 4.79 Å². The molecule has 12 nitrogen and oxygen atoms in total. The predicted molar refractivity (Wildman–Crippen MR) is 123 cm³/mol. The van der Waals surface area contributed by atoms with Crippen LogP contribution in [0.2, 0.25) is 0 Å². The quantitative estimate of drug-likeness (QED) is 0.233. The lowest BCUT2D eigenvalue weighted by Gasteiger charge is -2.27. The minimum absolute atomic E-state index is 0.0707. The molecule has 0 fully saturated rings. The van der Waals surface area contributed by atoms with Crippen LogP contribution in [0, 0.1) is 0 Å². The first kappa shape index (κ1) is 23.8. The van der Waals surface area contributed by atoms with E-state index in [0.29, 0.717) is 30.1 Å². The number of aliphatic imine (C=N–C) groups is 1. The number of hydrogen-bond acceptors (Lipinski definition) is 12. The zero-order chi connectivity index (χ0) is 24.1. The van der Waals surface area contributed by atoms with E-state index in [4.69, 9.17) is 19.9 Å². The van der Waals surface area contributed by atoms with Gasteiger partial charge in [-0.1, -0.05) is 12.1 Å². The molecule has 2 heterocycles. The Labute approximate surface area is 202 Å². The van der Waals surface area contributed by atoms with Crippen LogP contribution in [0.1, 0.15) is 12.5 Å². The zero-order valence-corrected chi connectivity index (χ0v) is 19.5. The van der Waals surface area contributed by atoms with Crippen LogP contribution in [0.15, 0.2) is 58.3 Å². The van der Waals surface area contributed by atoms with Crippen molar-refractivity contribution >= 4 is 44.8 Å². The molecule has 178 valence electrons. The molecule has 34 heavy (non-hydrogen) atoms. The van der Waals surface area contributed by atoms with E-state index in [-0.39, 0.29) is 17.7 Å². The summed E-state index contributed by atoms with van der Waals surface area (Å²) in [7, 11) is 0. The molecule has 0 bridgehead atoms. The van der Waals surface area contributed by atoms with E-state index < -0.39 is 12.4 Å². The first-order valence-corrected chi connectivity index (χ1v) is 11.0. The number of ether oxygens (including phenoxy) is 2. The molecular formula is C21H21BrN6O6. The Kier molecular flexibility index (Phi) is 7.49. The fraction of sp³-hybridized carbons (Fsp3) is 0.238. The van der Waals surface area contributed by atoms with Crippen molar-refractivity contribution in [2.75, 3.05) is 18.4 Å². The topological polar surface area (TPSA) is 142 Å². The Bertz CT molecular complexity index is 1190. The second kappa shape index (κ2) is 10.7. The fourth-order valence-corrected chi connectivity index (χ4v) is 3.79. The molecule has 0 aliphatic carbocycles. The first-order valence-electron chi connectivity index (χ1n) is 10.2. The van der Waals surface area contributed by atoms with Gasteiger partial charge < -0.3 is 19.7 Å². The average Bonchev–Trinajstić information content (AvgIpc) is 3.29. The van der Waals surface area contributed by atoms with Crippen LogP contribution in [0.3, 0.4) is 0 Å². The van der Waals surface area contributed by atoms with E-state index in [1.54, 1.807) is 31.5 Å². The summed E-state index contributed by atoms with van der Waals surface area (Å²) in [6, 6.07) is 10.0. The Morgan fingerprint density at radius 1 is 1.21 bits per heavy atom. The van der Waals surface area contributed by atoms with Gasteiger partial charge in [0.05, 0.1) is 34.2 Å². The molecule has 1 unspecified atom stereocenters.